The lowest BCUT2D eigenvalue weighted by molar-refractivity contribution is 0.414. The quantitative estimate of drug-likeness (QED) is 0.877. The fraction of sp³-hybridized carbons (Fsp3) is 0.214. The van der Waals surface area contributed by atoms with Gasteiger partial charge >= 0.3 is 0 Å². The Bertz CT molecular complexity index is 714. The van der Waals surface area contributed by atoms with Crippen LogP contribution in [0.5, 0.6) is 5.75 Å². The number of methoxy groups -OCH3 is 1. The molecule has 0 radical (unpaired) electrons. The summed E-state index contributed by atoms with van der Waals surface area (Å²) in [6, 6.07) is 9.71. The van der Waals surface area contributed by atoms with E-state index >= 15 is 0 Å². The Labute approximate surface area is 124 Å². The number of nitrogen functional groups attached to an aromatic ring is 1. The molecule has 1 heterocycles. The zero-order valence-electron chi connectivity index (χ0n) is 11.8. The predicted octanol–water partition coefficient (Wildman–Crippen LogP) is 1.71. The molecule has 6 nitrogen and oxygen atoms in total. The number of benzene rings is 1. The predicted molar refractivity (Wildman–Crippen MR) is 80.4 cm³/mol. The van der Waals surface area contributed by atoms with Crippen LogP contribution in [0.1, 0.15) is 18.5 Å². The highest BCUT2D eigenvalue weighted by molar-refractivity contribution is 7.89. The van der Waals surface area contributed by atoms with Crippen molar-refractivity contribution in [3.63, 3.8) is 0 Å². The summed E-state index contributed by atoms with van der Waals surface area (Å²) in [6.07, 6.45) is 1.45. The van der Waals surface area contributed by atoms with E-state index in [4.69, 9.17) is 10.5 Å². The van der Waals surface area contributed by atoms with E-state index in [0.717, 1.165) is 5.56 Å². The highest BCUT2D eigenvalue weighted by atomic mass is 32.2. The molecule has 0 bridgehead atoms. The molecule has 0 amide bonds. The van der Waals surface area contributed by atoms with Crippen molar-refractivity contribution in [2.75, 3.05) is 12.8 Å². The fourth-order valence-corrected chi connectivity index (χ4v) is 3.20. The van der Waals surface area contributed by atoms with Gasteiger partial charge in [-0.05, 0) is 36.8 Å². The Morgan fingerprint density at radius 1 is 1.24 bits per heavy atom. The Hall–Kier alpha value is -2.12. The van der Waals surface area contributed by atoms with Gasteiger partial charge in [0.25, 0.3) is 0 Å². The molecule has 7 heteroatoms. The van der Waals surface area contributed by atoms with Crippen molar-refractivity contribution in [2.45, 2.75) is 17.9 Å². The average Bonchev–Trinajstić information content (AvgIpc) is 2.47. The summed E-state index contributed by atoms with van der Waals surface area (Å²) in [5.41, 5.74) is 6.43. The largest absolute Gasteiger partial charge is 0.497 e. The normalized spacial score (nSPS) is 12.9. The first-order valence-corrected chi connectivity index (χ1v) is 7.79. The molecule has 0 saturated carbocycles. The van der Waals surface area contributed by atoms with Crippen LogP contribution >= 0.6 is 0 Å². The number of ether oxygens (including phenoxy) is 1. The third kappa shape index (κ3) is 3.50. The van der Waals surface area contributed by atoms with Crippen molar-refractivity contribution in [3.05, 3.63) is 48.2 Å². The summed E-state index contributed by atoms with van der Waals surface area (Å²) in [7, 11) is -2.15. The van der Waals surface area contributed by atoms with E-state index in [1.165, 1.54) is 18.3 Å². The maximum Gasteiger partial charge on any atom is 0.244 e. The topological polar surface area (TPSA) is 94.3 Å². The second-order valence-electron chi connectivity index (χ2n) is 4.50. The van der Waals surface area contributed by atoms with E-state index in [2.05, 4.69) is 9.71 Å². The number of hydrogen-bond acceptors (Lipinski definition) is 5. The number of hydrogen-bond donors (Lipinski definition) is 2. The maximum atomic E-state index is 12.3. The summed E-state index contributed by atoms with van der Waals surface area (Å²) in [5, 5.41) is 0. The minimum Gasteiger partial charge on any atom is -0.497 e. The van der Waals surface area contributed by atoms with E-state index < -0.39 is 16.1 Å². The Morgan fingerprint density at radius 3 is 2.48 bits per heavy atom. The second-order valence-corrected chi connectivity index (χ2v) is 6.19. The first-order chi connectivity index (χ1) is 9.94. The van der Waals surface area contributed by atoms with Crippen LogP contribution in [0, 0.1) is 0 Å². The third-order valence-corrected chi connectivity index (χ3v) is 4.63. The van der Waals surface area contributed by atoms with Gasteiger partial charge in [0.15, 0.2) is 0 Å². The van der Waals surface area contributed by atoms with Crippen molar-refractivity contribution in [1.29, 1.82) is 0 Å². The first-order valence-electron chi connectivity index (χ1n) is 6.31. The number of nitrogens with zero attached hydrogens (tertiary/aromatic N) is 1. The van der Waals surface area contributed by atoms with Gasteiger partial charge in [0.2, 0.25) is 10.0 Å². The van der Waals surface area contributed by atoms with Gasteiger partial charge in [-0.2, -0.15) is 0 Å². The Balaban J connectivity index is 2.21. The number of anilines is 1. The lowest BCUT2D eigenvalue weighted by Crippen LogP contribution is -2.27. The van der Waals surface area contributed by atoms with Crippen LogP contribution in [0.25, 0.3) is 0 Å². The van der Waals surface area contributed by atoms with Crippen molar-refractivity contribution >= 4 is 15.8 Å². The number of nitrogens with one attached hydrogen (secondary N) is 1. The van der Waals surface area contributed by atoms with Gasteiger partial charge < -0.3 is 10.5 Å². The lowest BCUT2D eigenvalue weighted by Gasteiger charge is -2.15. The number of sulfonamides is 1. The number of nitrogens with two attached hydrogens (primary N) is 1. The van der Waals surface area contributed by atoms with Crippen LogP contribution in [-0.4, -0.2) is 20.5 Å². The molecule has 2 rings (SSSR count). The van der Waals surface area contributed by atoms with Crippen LogP contribution in [0.15, 0.2) is 47.5 Å². The summed E-state index contributed by atoms with van der Waals surface area (Å²) < 4.78 is 32.3. The molecule has 3 N–H and O–H groups in total. The highest BCUT2D eigenvalue weighted by Gasteiger charge is 2.21. The fourth-order valence-electron chi connectivity index (χ4n) is 1.89. The van der Waals surface area contributed by atoms with Gasteiger partial charge in [-0.15, -0.1) is 0 Å². The SMILES string of the molecule is COc1ccc(C(C)NS(=O)(=O)c2cccnc2N)cc1. The number of aromatic nitrogens is 1. The van der Waals surface area contributed by atoms with Crippen LogP contribution in [0.3, 0.4) is 0 Å². The molecule has 0 aliphatic rings. The minimum atomic E-state index is -3.72. The first kappa shape index (κ1) is 15.3. The molecule has 1 unspecified atom stereocenters. The van der Waals surface area contributed by atoms with E-state index in [1.54, 1.807) is 38.3 Å². The molecule has 1 aromatic heterocycles. The van der Waals surface area contributed by atoms with E-state index in [1.807, 2.05) is 0 Å². The molecular formula is C14H17N3O3S. The van der Waals surface area contributed by atoms with Gasteiger partial charge in [-0.25, -0.2) is 18.1 Å². The Morgan fingerprint density at radius 2 is 1.90 bits per heavy atom. The Kier molecular flexibility index (Phi) is 4.44. The zero-order valence-corrected chi connectivity index (χ0v) is 12.6. The summed E-state index contributed by atoms with van der Waals surface area (Å²) in [5.74, 6) is 0.692. The van der Waals surface area contributed by atoms with E-state index in [0.29, 0.717) is 5.75 Å². The van der Waals surface area contributed by atoms with Gasteiger partial charge in [-0.3, -0.25) is 0 Å². The number of pyridine rings is 1. The smallest absolute Gasteiger partial charge is 0.244 e. The van der Waals surface area contributed by atoms with Gasteiger partial charge in [0.1, 0.15) is 16.5 Å². The molecule has 112 valence electrons. The zero-order chi connectivity index (χ0) is 15.5. The minimum absolute atomic E-state index is 0.0214. The summed E-state index contributed by atoms with van der Waals surface area (Å²) in [4.78, 5) is 3.77. The third-order valence-electron chi connectivity index (χ3n) is 3.04. The van der Waals surface area contributed by atoms with E-state index in [9.17, 15) is 8.42 Å². The van der Waals surface area contributed by atoms with Crippen molar-refractivity contribution in [3.8, 4) is 5.75 Å². The van der Waals surface area contributed by atoms with Crippen molar-refractivity contribution in [1.82, 2.24) is 9.71 Å². The molecule has 0 spiro atoms. The summed E-state index contributed by atoms with van der Waals surface area (Å²) >= 11 is 0. The van der Waals surface area contributed by atoms with E-state index in [-0.39, 0.29) is 10.7 Å². The monoisotopic (exact) mass is 307 g/mol. The molecule has 2 aromatic rings. The van der Waals surface area contributed by atoms with Gasteiger partial charge in [0.05, 0.1) is 7.11 Å². The molecule has 0 fully saturated rings. The second kappa shape index (κ2) is 6.11. The molecule has 1 atom stereocenters. The van der Waals surface area contributed by atoms with Crippen LogP contribution < -0.4 is 15.2 Å². The standard InChI is InChI=1S/C14H17N3O3S/c1-10(11-5-7-12(20-2)8-6-11)17-21(18,19)13-4-3-9-16-14(13)15/h3-10,17H,1-2H3,(H2,15,16). The molecule has 1 aromatic carbocycles. The maximum absolute atomic E-state index is 12.3. The van der Waals surface area contributed by atoms with Crippen molar-refractivity contribution < 1.29 is 13.2 Å². The van der Waals surface area contributed by atoms with Crippen molar-refractivity contribution in [2.24, 2.45) is 0 Å². The number of rotatable bonds is 5. The van der Waals surface area contributed by atoms with Gasteiger partial charge in [0, 0.05) is 12.2 Å². The molecule has 0 saturated heterocycles. The highest BCUT2D eigenvalue weighted by Crippen LogP contribution is 2.21. The molecule has 0 aliphatic heterocycles. The molecule has 0 aliphatic carbocycles. The lowest BCUT2D eigenvalue weighted by atomic mass is 10.1. The van der Waals surface area contributed by atoms with Crippen LogP contribution in [-0.2, 0) is 10.0 Å². The average molecular weight is 307 g/mol. The molecular weight excluding hydrogens is 290 g/mol. The van der Waals surface area contributed by atoms with Crippen LogP contribution in [0.4, 0.5) is 5.82 Å². The van der Waals surface area contributed by atoms with Gasteiger partial charge in [-0.1, -0.05) is 12.1 Å². The molecule has 21 heavy (non-hydrogen) atoms. The summed E-state index contributed by atoms with van der Waals surface area (Å²) in [6.45, 7) is 1.76. The van der Waals surface area contributed by atoms with Crippen LogP contribution in [0.2, 0.25) is 0 Å².